The fourth-order valence-corrected chi connectivity index (χ4v) is 3.12. The van der Waals surface area contributed by atoms with Crippen LogP contribution in [-0.2, 0) is 10.0 Å². The fourth-order valence-electron chi connectivity index (χ4n) is 1.92. The molecule has 0 aliphatic rings. The van der Waals surface area contributed by atoms with Gasteiger partial charge in [0.25, 0.3) is 10.0 Å². The van der Waals surface area contributed by atoms with Gasteiger partial charge in [0.15, 0.2) is 0 Å². The summed E-state index contributed by atoms with van der Waals surface area (Å²) in [7, 11) is -2.50. The van der Waals surface area contributed by atoms with E-state index < -0.39 is 16.0 Å². The number of benzene rings is 2. The van der Waals surface area contributed by atoms with E-state index in [1.807, 2.05) is 6.92 Å². The van der Waals surface area contributed by atoms with Crippen LogP contribution in [0.1, 0.15) is 15.9 Å². The molecule has 2 aromatic carbocycles. The maximum Gasteiger partial charge on any atom is 0.335 e. The molecular formula is C15H15NO5S. The van der Waals surface area contributed by atoms with Gasteiger partial charge in [0.1, 0.15) is 10.6 Å². The molecule has 0 aliphatic heterocycles. The topological polar surface area (TPSA) is 92.7 Å². The molecule has 0 aromatic heterocycles. The summed E-state index contributed by atoms with van der Waals surface area (Å²) in [4.78, 5) is 10.9. The van der Waals surface area contributed by atoms with Crippen LogP contribution >= 0.6 is 0 Å². The summed E-state index contributed by atoms with van der Waals surface area (Å²) in [6, 6.07) is 10.3. The van der Waals surface area contributed by atoms with Crippen molar-refractivity contribution in [3.05, 3.63) is 53.6 Å². The van der Waals surface area contributed by atoms with Gasteiger partial charge in [0.2, 0.25) is 0 Å². The molecule has 7 heteroatoms. The highest BCUT2D eigenvalue weighted by molar-refractivity contribution is 7.92. The second-order valence-electron chi connectivity index (χ2n) is 4.65. The Labute approximate surface area is 128 Å². The maximum absolute atomic E-state index is 12.4. The average molecular weight is 321 g/mol. The smallest absolute Gasteiger partial charge is 0.335 e. The first kappa shape index (κ1) is 15.8. The minimum Gasteiger partial charge on any atom is -0.495 e. The number of anilines is 1. The molecule has 2 aromatic rings. The Morgan fingerprint density at radius 2 is 1.91 bits per heavy atom. The van der Waals surface area contributed by atoms with E-state index in [4.69, 9.17) is 9.84 Å². The summed E-state index contributed by atoms with van der Waals surface area (Å²) in [5, 5.41) is 8.94. The van der Waals surface area contributed by atoms with Crippen molar-refractivity contribution in [2.24, 2.45) is 0 Å². The van der Waals surface area contributed by atoms with Gasteiger partial charge in [-0.25, -0.2) is 13.2 Å². The summed E-state index contributed by atoms with van der Waals surface area (Å²) in [5.41, 5.74) is 1.03. The second-order valence-corrected chi connectivity index (χ2v) is 6.30. The van der Waals surface area contributed by atoms with Crippen molar-refractivity contribution in [2.45, 2.75) is 11.8 Å². The van der Waals surface area contributed by atoms with Crippen LogP contribution in [0.3, 0.4) is 0 Å². The number of hydrogen-bond donors (Lipinski definition) is 2. The summed E-state index contributed by atoms with van der Waals surface area (Å²) < 4.78 is 32.3. The van der Waals surface area contributed by atoms with E-state index in [0.29, 0.717) is 0 Å². The van der Waals surface area contributed by atoms with Gasteiger partial charge < -0.3 is 9.84 Å². The van der Waals surface area contributed by atoms with Crippen LogP contribution in [0.15, 0.2) is 47.4 Å². The second kappa shape index (κ2) is 6.07. The lowest BCUT2D eigenvalue weighted by molar-refractivity contribution is 0.0697. The molecule has 0 amide bonds. The van der Waals surface area contributed by atoms with Crippen LogP contribution in [0.5, 0.6) is 5.75 Å². The predicted octanol–water partition coefficient (Wildman–Crippen LogP) is 2.50. The van der Waals surface area contributed by atoms with Crippen molar-refractivity contribution in [1.82, 2.24) is 0 Å². The maximum atomic E-state index is 12.4. The lowest BCUT2D eigenvalue weighted by atomic mass is 10.2. The lowest BCUT2D eigenvalue weighted by Gasteiger charge is -2.12. The van der Waals surface area contributed by atoms with Crippen LogP contribution in [0.4, 0.5) is 5.69 Å². The highest BCUT2D eigenvalue weighted by Gasteiger charge is 2.20. The molecule has 22 heavy (non-hydrogen) atoms. The fraction of sp³-hybridized carbons (Fsp3) is 0.133. The van der Waals surface area contributed by atoms with Gasteiger partial charge in [-0.05, 0) is 42.8 Å². The molecule has 0 unspecified atom stereocenters. The molecule has 0 saturated heterocycles. The van der Waals surface area contributed by atoms with Crippen molar-refractivity contribution >= 4 is 21.7 Å². The van der Waals surface area contributed by atoms with Crippen molar-refractivity contribution in [1.29, 1.82) is 0 Å². The zero-order valence-corrected chi connectivity index (χ0v) is 12.8. The number of sulfonamides is 1. The molecule has 0 saturated carbocycles. The molecule has 2 rings (SSSR count). The SMILES string of the molecule is COc1cc(C)ccc1S(=O)(=O)Nc1cccc(C(=O)O)c1. The van der Waals surface area contributed by atoms with Gasteiger partial charge >= 0.3 is 5.97 Å². The third-order valence-corrected chi connectivity index (χ3v) is 4.39. The number of aromatic carboxylic acids is 1. The van der Waals surface area contributed by atoms with Crippen LogP contribution in [0.2, 0.25) is 0 Å². The van der Waals surface area contributed by atoms with Crippen LogP contribution < -0.4 is 9.46 Å². The van der Waals surface area contributed by atoms with Gasteiger partial charge in [0, 0.05) is 5.69 Å². The van der Waals surface area contributed by atoms with Gasteiger partial charge in [-0.3, -0.25) is 4.72 Å². The van der Waals surface area contributed by atoms with Gasteiger partial charge in [-0.15, -0.1) is 0 Å². The highest BCUT2D eigenvalue weighted by Crippen LogP contribution is 2.27. The number of hydrogen-bond acceptors (Lipinski definition) is 4. The summed E-state index contributed by atoms with van der Waals surface area (Å²) in [5.74, 6) is -0.907. The molecule has 0 aliphatic carbocycles. The van der Waals surface area contributed by atoms with Gasteiger partial charge in [0.05, 0.1) is 12.7 Å². The normalized spacial score (nSPS) is 11.0. The summed E-state index contributed by atoms with van der Waals surface area (Å²) >= 11 is 0. The number of carboxylic acids is 1. The van der Waals surface area contributed by atoms with E-state index in [2.05, 4.69) is 4.72 Å². The minimum atomic E-state index is -3.88. The molecule has 2 N–H and O–H groups in total. The largest absolute Gasteiger partial charge is 0.495 e. The van der Waals surface area contributed by atoms with Gasteiger partial charge in [-0.1, -0.05) is 12.1 Å². The molecule has 0 heterocycles. The third-order valence-electron chi connectivity index (χ3n) is 2.97. The number of carboxylic acid groups (broad SMARTS) is 1. The van der Waals surface area contributed by atoms with Crippen molar-refractivity contribution in [3.8, 4) is 5.75 Å². The Balaban J connectivity index is 2.40. The third kappa shape index (κ3) is 3.37. The Hall–Kier alpha value is -2.54. The quantitative estimate of drug-likeness (QED) is 0.882. The van der Waals surface area contributed by atoms with E-state index in [1.54, 1.807) is 12.1 Å². The molecular weight excluding hydrogens is 306 g/mol. The molecule has 0 atom stereocenters. The van der Waals surface area contributed by atoms with E-state index >= 15 is 0 Å². The van der Waals surface area contributed by atoms with Crippen LogP contribution in [-0.4, -0.2) is 26.6 Å². The molecule has 116 valence electrons. The first-order valence-corrected chi connectivity index (χ1v) is 7.82. The molecule has 6 nitrogen and oxygen atoms in total. The Morgan fingerprint density at radius 3 is 2.55 bits per heavy atom. The Morgan fingerprint density at radius 1 is 1.18 bits per heavy atom. The van der Waals surface area contributed by atoms with Crippen LogP contribution in [0, 0.1) is 6.92 Å². The monoisotopic (exact) mass is 321 g/mol. The average Bonchev–Trinajstić information content (AvgIpc) is 2.46. The van der Waals surface area contributed by atoms with Crippen LogP contribution in [0.25, 0.3) is 0 Å². The zero-order chi connectivity index (χ0) is 16.3. The number of carbonyl (C=O) groups is 1. The van der Waals surface area contributed by atoms with E-state index in [9.17, 15) is 13.2 Å². The van der Waals surface area contributed by atoms with E-state index in [0.717, 1.165) is 5.56 Å². The molecule has 0 fully saturated rings. The van der Waals surface area contributed by atoms with E-state index in [-0.39, 0.29) is 21.9 Å². The number of aryl methyl sites for hydroxylation is 1. The summed E-state index contributed by atoms with van der Waals surface area (Å²) in [6.45, 7) is 1.82. The minimum absolute atomic E-state index is 0.00364. The molecule has 0 spiro atoms. The van der Waals surface area contributed by atoms with Crippen molar-refractivity contribution < 1.29 is 23.1 Å². The number of nitrogens with one attached hydrogen (secondary N) is 1. The molecule has 0 radical (unpaired) electrons. The number of methoxy groups -OCH3 is 1. The first-order valence-electron chi connectivity index (χ1n) is 6.34. The standard InChI is InChI=1S/C15H15NO5S/c1-10-6-7-14(13(8-10)21-2)22(19,20)16-12-5-3-4-11(9-12)15(17)18/h3-9,16H,1-2H3,(H,17,18). The number of rotatable bonds is 5. The molecule has 0 bridgehead atoms. The number of ether oxygens (including phenoxy) is 1. The zero-order valence-electron chi connectivity index (χ0n) is 12.0. The highest BCUT2D eigenvalue weighted by atomic mass is 32.2. The predicted molar refractivity (Wildman–Crippen MR) is 81.9 cm³/mol. The summed E-state index contributed by atoms with van der Waals surface area (Å²) in [6.07, 6.45) is 0. The van der Waals surface area contributed by atoms with Crippen molar-refractivity contribution in [2.75, 3.05) is 11.8 Å². The first-order chi connectivity index (χ1) is 10.3. The van der Waals surface area contributed by atoms with Gasteiger partial charge in [-0.2, -0.15) is 0 Å². The lowest BCUT2D eigenvalue weighted by Crippen LogP contribution is -2.14. The Bertz CT molecular complexity index is 814. The Kier molecular flexibility index (Phi) is 4.37. The van der Waals surface area contributed by atoms with E-state index in [1.165, 1.54) is 37.4 Å². The van der Waals surface area contributed by atoms with Crippen molar-refractivity contribution in [3.63, 3.8) is 0 Å².